The van der Waals surface area contributed by atoms with E-state index in [4.69, 9.17) is 4.74 Å². The van der Waals surface area contributed by atoms with E-state index >= 15 is 0 Å². The Hall–Kier alpha value is -2.34. The highest BCUT2D eigenvalue weighted by atomic mass is 32.2. The first-order valence-corrected chi connectivity index (χ1v) is 8.76. The van der Waals surface area contributed by atoms with Gasteiger partial charge in [-0.1, -0.05) is 11.3 Å². The molecule has 1 aromatic carbocycles. The van der Waals surface area contributed by atoms with Crippen molar-refractivity contribution in [1.82, 2.24) is 4.98 Å². The van der Waals surface area contributed by atoms with Crippen LogP contribution in [0.15, 0.2) is 24.3 Å². The van der Waals surface area contributed by atoms with E-state index in [0.29, 0.717) is 5.69 Å². The molecular weight excluding hydrogens is 385 g/mol. The summed E-state index contributed by atoms with van der Waals surface area (Å²) in [6.07, 6.45) is 0. The van der Waals surface area contributed by atoms with Crippen molar-refractivity contribution in [3.8, 4) is 10.9 Å². The summed E-state index contributed by atoms with van der Waals surface area (Å²) in [6, 6.07) is 4.70. The zero-order chi connectivity index (χ0) is 18.8. The van der Waals surface area contributed by atoms with Gasteiger partial charge in [-0.3, -0.25) is 4.72 Å². The number of esters is 1. The van der Waals surface area contributed by atoms with Crippen molar-refractivity contribution in [2.24, 2.45) is 0 Å². The van der Waals surface area contributed by atoms with E-state index in [0.717, 1.165) is 23.5 Å². The minimum Gasteiger partial charge on any atom is -0.465 e. The van der Waals surface area contributed by atoms with Gasteiger partial charge in [0.15, 0.2) is 0 Å². The van der Waals surface area contributed by atoms with Gasteiger partial charge in [0.1, 0.15) is 10.6 Å². The number of ether oxygens (including phenoxy) is 2. The number of nitrogens with one attached hydrogen (secondary N) is 1. The van der Waals surface area contributed by atoms with E-state index in [9.17, 15) is 26.4 Å². The van der Waals surface area contributed by atoms with Crippen molar-refractivity contribution in [3.63, 3.8) is 0 Å². The largest absolute Gasteiger partial charge is 0.516 e. The van der Waals surface area contributed by atoms with E-state index in [1.54, 1.807) is 6.92 Å². The van der Waals surface area contributed by atoms with Crippen LogP contribution in [0.4, 0.5) is 18.9 Å². The van der Waals surface area contributed by atoms with Crippen LogP contribution >= 0.6 is 11.3 Å². The van der Waals surface area contributed by atoms with Gasteiger partial charge in [0, 0.05) is 5.69 Å². The summed E-state index contributed by atoms with van der Waals surface area (Å²) >= 11 is 0.936. The number of hydrogen-bond acceptors (Lipinski definition) is 7. The van der Waals surface area contributed by atoms with Gasteiger partial charge in [0.2, 0.25) is 0 Å². The minimum absolute atomic E-state index is 0.126. The summed E-state index contributed by atoms with van der Waals surface area (Å²) < 4.78 is 70.3. The fraction of sp³-hybridized carbons (Fsp3) is 0.231. The first kappa shape index (κ1) is 19.0. The molecule has 0 saturated carbocycles. The number of carbonyl (C=O) groups excluding carboxylic acids is 1. The third-order valence-electron chi connectivity index (χ3n) is 2.76. The molecule has 7 nitrogen and oxygen atoms in total. The van der Waals surface area contributed by atoms with Crippen molar-refractivity contribution >= 4 is 33.0 Å². The third-order valence-corrected chi connectivity index (χ3v) is 4.89. The highest BCUT2D eigenvalue weighted by Gasteiger charge is 2.46. The van der Waals surface area contributed by atoms with Crippen LogP contribution in [-0.4, -0.2) is 32.0 Å². The van der Waals surface area contributed by atoms with Gasteiger partial charge in [-0.05, 0) is 31.2 Å². The van der Waals surface area contributed by atoms with E-state index < -0.39 is 21.5 Å². The second kappa shape index (κ2) is 6.88. The fourth-order valence-electron chi connectivity index (χ4n) is 1.60. The molecule has 2 aromatic rings. The molecule has 0 bridgehead atoms. The number of rotatable bonds is 5. The molecule has 0 aliphatic heterocycles. The van der Waals surface area contributed by atoms with Gasteiger partial charge in [-0.2, -0.15) is 21.6 Å². The van der Waals surface area contributed by atoms with Crippen molar-refractivity contribution in [2.45, 2.75) is 12.4 Å². The Kier molecular flexibility index (Phi) is 5.23. The number of nitrogens with zero attached hydrogens (tertiary/aromatic N) is 1. The number of methoxy groups -OCH3 is 1. The summed E-state index contributed by atoms with van der Waals surface area (Å²) in [6.45, 7) is 1.59. The average Bonchev–Trinajstić information content (AvgIpc) is 2.87. The maximum Gasteiger partial charge on any atom is 0.516 e. The number of benzene rings is 1. The summed E-state index contributed by atoms with van der Waals surface area (Å²) in [4.78, 5) is 15.8. The molecule has 0 aliphatic rings. The van der Waals surface area contributed by atoms with Crippen molar-refractivity contribution in [1.29, 1.82) is 0 Å². The fourth-order valence-corrected chi connectivity index (χ4v) is 3.02. The normalized spacial score (nSPS) is 11.9. The van der Waals surface area contributed by atoms with Gasteiger partial charge >= 0.3 is 21.5 Å². The number of anilines is 1. The van der Waals surface area contributed by atoms with Crippen LogP contribution in [0.25, 0.3) is 0 Å². The van der Waals surface area contributed by atoms with E-state index in [1.807, 2.05) is 0 Å². The Balaban J connectivity index is 2.12. The van der Waals surface area contributed by atoms with Crippen molar-refractivity contribution in [3.05, 3.63) is 34.8 Å². The zero-order valence-corrected chi connectivity index (χ0v) is 14.4. The van der Waals surface area contributed by atoms with Gasteiger partial charge in [-0.15, -0.1) is 0 Å². The Labute approximate surface area is 144 Å². The molecule has 12 heteroatoms. The minimum atomic E-state index is -5.49. The molecule has 1 aromatic heterocycles. The molecule has 0 saturated heterocycles. The number of sulfonamides is 1. The Morgan fingerprint density at radius 2 is 1.84 bits per heavy atom. The van der Waals surface area contributed by atoms with Crippen molar-refractivity contribution in [2.75, 3.05) is 11.8 Å². The molecule has 0 spiro atoms. The molecule has 2 rings (SSSR count). The summed E-state index contributed by atoms with van der Waals surface area (Å²) in [5.41, 5.74) is -5.29. The van der Waals surface area contributed by atoms with Gasteiger partial charge in [-0.25, -0.2) is 9.78 Å². The smallest absolute Gasteiger partial charge is 0.465 e. The zero-order valence-electron chi connectivity index (χ0n) is 12.7. The summed E-state index contributed by atoms with van der Waals surface area (Å²) in [5.74, 6) is -0.373. The van der Waals surface area contributed by atoms with E-state index in [2.05, 4.69) is 9.72 Å². The SMILES string of the molecule is COC(=O)c1sc(Oc2ccc(NS(=O)(=O)C(F)(F)F)cc2)nc1C. The van der Waals surface area contributed by atoms with E-state index in [-0.39, 0.29) is 21.5 Å². The third kappa shape index (κ3) is 4.39. The molecule has 0 radical (unpaired) electrons. The van der Waals surface area contributed by atoms with Crippen LogP contribution in [-0.2, 0) is 14.8 Å². The topological polar surface area (TPSA) is 94.6 Å². The molecular formula is C13H11F3N2O5S2. The molecule has 0 amide bonds. The standard InChI is InChI=1S/C13H11F3N2O5S2/c1-7-10(11(19)22-2)24-12(17-7)23-9-5-3-8(4-6-9)18-25(20,21)13(14,15)16/h3-6,18H,1-2H3. The number of aromatic nitrogens is 1. The molecule has 1 N–H and O–H groups in total. The lowest BCUT2D eigenvalue weighted by Crippen LogP contribution is -2.29. The van der Waals surface area contributed by atoms with Crippen LogP contribution in [0, 0.1) is 6.92 Å². The van der Waals surface area contributed by atoms with Crippen LogP contribution in [0.2, 0.25) is 0 Å². The molecule has 0 aliphatic carbocycles. The molecule has 25 heavy (non-hydrogen) atoms. The lowest BCUT2D eigenvalue weighted by Gasteiger charge is -2.10. The van der Waals surface area contributed by atoms with Gasteiger partial charge in [0.05, 0.1) is 12.8 Å². The number of thiazole rings is 1. The van der Waals surface area contributed by atoms with Crippen molar-refractivity contribution < 1.29 is 35.9 Å². The second-order valence-electron chi connectivity index (χ2n) is 4.56. The molecule has 136 valence electrons. The maximum absolute atomic E-state index is 12.3. The van der Waals surface area contributed by atoms with Crippen LogP contribution in [0.1, 0.15) is 15.4 Å². The number of hydrogen-bond donors (Lipinski definition) is 1. The first-order valence-electron chi connectivity index (χ1n) is 6.46. The number of carbonyl (C=O) groups is 1. The molecule has 1 heterocycles. The van der Waals surface area contributed by atoms with Crippen LogP contribution < -0.4 is 9.46 Å². The maximum atomic E-state index is 12.3. The molecule has 0 atom stereocenters. The Morgan fingerprint density at radius 1 is 1.24 bits per heavy atom. The van der Waals surface area contributed by atoms with Gasteiger partial charge in [0.25, 0.3) is 5.19 Å². The lowest BCUT2D eigenvalue weighted by molar-refractivity contribution is -0.0429. The molecule has 0 fully saturated rings. The van der Waals surface area contributed by atoms with E-state index in [1.165, 1.54) is 24.0 Å². The second-order valence-corrected chi connectivity index (χ2v) is 7.20. The number of alkyl halides is 3. The van der Waals surface area contributed by atoms with Gasteiger partial charge < -0.3 is 9.47 Å². The number of halogens is 3. The predicted molar refractivity (Wildman–Crippen MR) is 83.3 cm³/mol. The predicted octanol–water partition coefficient (Wildman–Crippen LogP) is 3.29. The average molecular weight is 396 g/mol. The summed E-state index contributed by atoms with van der Waals surface area (Å²) in [5, 5.41) is 0.126. The highest BCUT2D eigenvalue weighted by molar-refractivity contribution is 7.93. The Bertz CT molecular complexity index is 876. The first-order chi connectivity index (χ1) is 11.5. The number of aryl methyl sites for hydroxylation is 1. The monoisotopic (exact) mass is 396 g/mol. The highest BCUT2D eigenvalue weighted by Crippen LogP contribution is 2.31. The molecule has 0 unspecified atom stereocenters. The van der Waals surface area contributed by atoms with Crippen LogP contribution in [0.3, 0.4) is 0 Å². The summed E-state index contributed by atoms with van der Waals surface area (Å²) in [7, 11) is -4.26. The van der Waals surface area contributed by atoms with Crippen LogP contribution in [0.5, 0.6) is 10.9 Å². The quantitative estimate of drug-likeness (QED) is 0.780. The lowest BCUT2D eigenvalue weighted by atomic mass is 10.3. The Morgan fingerprint density at radius 3 is 2.36 bits per heavy atom.